The lowest BCUT2D eigenvalue weighted by Gasteiger charge is -2.15. The number of hydrogen-bond acceptors (Lipinski definition) is 8. The highest BCUT2D eigenvalue weighted by molar-refractivity contribution is 7.62. The summed E-state index contributed by atoms with van der Waals surface area (Å²) in [5, 5.41) is 3.12. The fourth-order valence-electron chi connectivity index (χ4n) is 2.41. The van der Waals surface area contributed by atoms with Crippen LogP contribution in [-0.2, 0) is 20.2 Å². The van der Waals surface area contributed by atoms with Gasteiger partial charge in [0, 0.05) is 31.3 Å². The van der Waals surface area contributed by atoms with Crippen molar-refractivity contribution in [3.8, 4) is 11.5 Å². The van der Waals surface area contributed by atoms with E-state index in [0.717, 1.165) is 5.56 Å². The van der Waals surface area contributed by atoms with Crippen LogP contribution in [0.5, 0.6) is 0 Å². The fourth-order valence-corrected chi connectivity index (χ4v) is 4.00. The van der Waals surface area contributed by atoms with E-state index in [9.17, 15) is 4.57 Å². The normalized spacial score (nSPS) is 11.5. The fraction of sp³-hybridized carbons (Fsp3) is 0.278. The van der Waals surface area contributed by atoms with Crippen LogP contribution in [-0.4, -0.2) is 28.2 Å². The molecule has 0 bridgehead atoms. The summed E-state index contributed by atoms with van der Waals surface area (Å²) in [5.74, 6) is 0.523. The summed E-state index contributed by atoms with van der Waals surface area (Å²) in [7, 11) is -3.63. The molecule has 0 radical (unpaired) electrons. The van der Waals surface area contributed by atoms with Crippen LogP contribution in [0.3, 0.4) is 0 Å². The van der Waals surface area contributed by atoms with Crippen molar-refractivity contribution >= 4 is 18.9 Å². The molecule has 0 aromatic carbocycles. The van der Waals surface area contributed by atoms with E-state index in [-0.39, 0.29) is 30.4 Å². The van der Waals surface area contributed by atoms with Crippen LogP contribution in [0, 0.1) is 0 Å². The number of nitrogens with one attached hydrogen (secondary N) is 1. The van der Waals surface area contributed by atoms with Gasteiger partial charge in [0.1, 0.15) is 0 Å². The maximum absolute atomic E-state index is 13.3. The first-order chi connectivity index (χ1) is 13.2. The Labute approximate surface area is 157 Å². The molecule has 0 aliphatic carbocycles. The zero-order valence-corrected chi connectivity index (χ0v) is 16.1. The van der Waals surface area contributed by atoms with E-state index >= 15 is 0 Å². The third-order valence-corrected chi connectivity index (χ3v) is 5.57. The van der Waals surface area contributed by atoms with E-state index < -0.39 is 7.60 Å². The van der Waals surface area contributed by atoms with Gasteiger partial charge in [-0.3, -0.25) is 14.5 Å². The first-order valence-corrected chi connectivity index (χ1v) is 10.1. The van der Waals surface area contributed by atoms with Gasteiger partial charge in [-0.05, 0) is 37.6 Å². The molecule has 27 heavy (non-hydrogen) atoms. The Kier molecular flexibility index (Phi) is 6.34. The monoisotopic (exact) mass is 388 g/mol. The quantitative estimate of drug-likeness (QED) is 0.555. The van der Waals surface area contributed by atoms with Crippen molar-refractivity contribution in [2.45, 2.75) is 20.4 Å². The van der Waals surface area contributed by atoms with Crippen LogP contribution in [0.15, 0.2) is 53.5 Å². The van der Waals surface area contributed by atoms with Gasteiger partial charge in [0.25, 0.3) is 0 Å². The van der Waals surface area contributed by atoms with Crippen molar-refractivity contribution in [1.29, 1.82) is 0 Å². The second-order valence-electron chi connectivity index (χ2n) is 5.46. The van der Waals surface area contributed by atoms with Gasteiger partial charge >= 0.3 is 7.60 Å². The van der Waals surface area contributed by atoms with Gasteiger partial charge < -0.3 is 18.8 Å². The second-order valence-corrected chi connectivity index (χ2v) is 7.40. The molecule has 0 amide bonds. The molecule has 3 rings (SSSR count). The summed E-state index contributed by atoms with van der Waals surface area (Å²) in [6.45, 7) is 4.34. The third kappa shape index (κ3) is 4.60. The van der Waals surface area contributed by atoms with Crippen LogP contribution < -0.4 is 10.8 Å². The predicted octanol–water partition coefficient (Wildman–Crippen LogP) is 3.64. The molecule has 0 atom stereocenters. The molecule has 3 heterocycles. The number of rotatable bonds is 9. The summed E-state index contributed by atoms with van der Waals surface area (Å²) in [4.78, 5) is 12.6. The molecule has 0 saturated heterocycles. The van der Waals surface area contributed by atoms with Gasteiger partial charge in [0.2, 0.25) is 17.2 Å². The average molecular weight is 388 g/mol. The standard InChI is InChI=1S/C18H21N4O4P/c1-3-24-27(23,25-4-2)18-17(21-12-14-7-5-9-19-11-14)26-16(22-18)15-8-6-10-20-13-15/h5-11,13,21H,3-4,12H2,1-2H3. The zero-order valence-electron chi connectivity index (χ0n) is 15.2. The second kappa shape index (κ2) is 8.90. The zero-order chi connectivity index (χ0) is 19.1. The van der Waals surface area contributed by atoms with Crippen molar-refractivity contribution in [3.05, 3.63) is 54.6 Å². The third-order valence-electron chi connectivity index (χ3n) is 3.55. The number of aromatic nitrogens is 3. The summed E-state index contributed by atoms with van der Waals surface area (Å²) in [5.41, 5.74) is 1.71. The summed E-state index contributed by atoms with van der Waals surface area (Å²) in [6.07, 6.45) is 6.70. The highest BCUT2D eigenvalue weighted by Crippen LogP contribution is 2.49. The minimum Gasteiger partial charge on any atom is -0.420 e. The van der Waals surface area contributed by atoms with Gasteiger partial charge in [-0.15, -0.1) is 0 Å². The SMILES string of the molecule is CCOP(=O)(OCC)c1nc(-c2cccnc2)oc1NCc1cccnc1. The molecular weight excluding hydrogens is 367 g/mol. The maximum Gasteiger partial charge on any atom is 0.385 e. The highest BCUT2D eigenvalue weighted by atomic mass is 31.2. The van der Waals surface area contributed by atoms with E-state index in [0.29, 0.717) is 12.1 Å². The van der Waals surface area contributed by atoms with Crippen molar-refractivity contribution in [3.63, 3.8) is 0 Å². The summed E-state index contributed by atoms with van der Waals surface area (Å²) >= 11 is 0. The molecule has 0 saturated carbocycles. The molecule has 1 N–H and O–H groups in total. The van der Waals surface area contributed by atoms with Gasteiger partial charge in [0.15, 0.2) is 0 Å². The first kappa shape index (κ1) is 19.2. The lowest BCUT2D eigenvalue weighted by atomic mass is 10.3. The van der Waals surface area contributed by atoms with E-state index in [1.165, 1.54) is 0 Å². The molecule has 9 heteroatoms. The van der Waals surface area contributed by atoms with Crippen LogP contribution in [0.2, 0.25) is 0 Å². The topological polar surface area (TPSA) is 99.4 Å². The molecule has 3 aromatic heterocycles. The average Bonchev–Trinajstić information content (AvgIpc) is 3.13. The molecule has 0 fully saturated rings. The van der Waals surface area contributed by atoms with Gasteiger partial charge in [-0.1, -0.05) is 6.07 Å². The van der Waals surface area contributed by atoms with Gasteiger partial charge in [0.05, 0.1) is 18.8 Å². The Bertz CT molecular complexity index is 892. The molecule has 0 aliphatic rings. The minimum atomic E-state index is -3.63. The van der Waals surface area contributed by atoms with Crippen LogP contribution in [0.4, 0.5) is 5.88 Å². The van der Waals surface area contributed by atoms with E-state index in [4.69, 9.17) is 13.5 Å². The Morgan fingerprint density at radius 2 is 1.78 bits per heavy atom. The number of oxazole rings is 1. The maximum atomic E-state index is 13.3. The molecule has 0 spiro atoms. The molecule has 142 valence electrons. The van der Waals surface area contributed by atoms with Crippen LogP contribution >= 0.6 is 7.60 Å². The molecule has 8 nitrogen and oxygen atoms in total. The van der Waals surface area contributed by atoms with E-state index in [2.05, 4.69) is 20.3 Å². The number of pyridine rings is 2. The smallest absolute Gasteiger partial charge is 0.385 e. The van der Waals surface area contributed by atoms with Gasteiger partial charge in [-0.2, -0.15) is 4.98 Å². The Hall–Kier alpha value is -2.54. The van der Waals surface area contributed by atoms with Crippen molar-refractivity contribution in [2.24, 2.45) is 0 Å². The lowest BCUT2D eigenvalue weighted by Crippen LogP contribution is -2.16. The summed E-state index contributed by atoms with van der Waals surface area (Å²) in [6, 6.07) is 7.33. The Balaban J connectivity index is 1.98. The Morgan fingerprint density at radius 1 is 1.07 bits per heavy atom. The van der Waals surface area contributed by atoms with E-state index in [1.54, 1.807) is 50.8 Å². The first-order valence-electron chi connectivity index (χ1n) is 8.60. The molecular formula is C18H21N4O4P. The van der Waals surface area contributed by atoms with Crippen LogP contribution in [0.1, 0.15) is 19.4 Å². The van der Waals surface area contributed by atoms with Crippen molar-refractivity contribution in [1.82, 2.24) is 15.0 Å². The predicted molar refractivity (Wildman–Crippen MR) is 102 cm³/mol. The van der Waals surface area contributed by atoms with Crippen LogP contribution in [0.25, 0.3) is 11.5 Å². The number of nitrogens with zero attached hydrogens (tertiary/aromatic N) is 3. The minimum absolute atomic E-state index is 0.119. The highest BCUT2D eigenvalue weighted by Gasteiger charge is 2.35. The van der Waals surface area contributed by atoms with Gasteiger partial charge in [-0.25, -0.2) is 0 Å². The Morgan fingerprint density at radius 3 is 2.37 bits per heavy atom. The van der Waals surface area contributed by atoms with Crippen molar-refractivity contribution in [2.75, 3.05) is 18.5 Å². The largest absolute Gasteiger partial charge is 0.420 e. The molecule has 3 aromatic rings. The van der Waals surface area contributed by atoms with E-state index in [1.807, 2.05) is 12.1 Å². The summed E-state index contributed by atoms with van der Waals surface area (Å²) < 4.78 is 30.0. The lowest BCUT2D eigenvalue weighted by molar-refractivity contribution is 0.229. The van der Waals surface area contributed by atoms with Crippen molar-refractivity contribution < 1.29 is 18.0 Å². The molecule has 0 aliphatic heterocycles. The molecule has 0 unspecified atom stereocenters. The number of anilines is 1. The number of hydrogen-bond donors (Lipinski definition) is 1.